The highest BCUT2D eigenvalue weighted by Crippen LogP contribution is 2.36. The van der Waals surface area contributed by atoms with Crippen LogP contribution in [-0.4, -0.2) is 25.9 Å². The summed E-state index contributed by atoms with van der Waals surface area (Å²) in [6.45, 7) is 0. The molecule has 24 heavy (non-hydrogen) atoms. The van der Waals surface area contributed by atoms with Gasteiger partial charge in [-0.05, 0) is 35.4 Å². The summed E-state index contributed by atoms with van der Waals surface area (Å²) in [6.07, 6.45) is -0.755. The summed E-state index contributed by atoms with van der Waals surface area (Å²) >= 11 is 5.68. The predicted octanol–water partition coefficient (Wildman–Crippen LogP) is 4.28. The first-order chi connectivity index (χ1) is 11.3. The lowest BCUT2D eigenvalue weighted by Crippen LogP contribution is -2.28. The first-order valence-corrected chi connectivity index (χ1v) is 7.07. The van der Waals surface area contributed by atoms with Crippen molar-refractivity contribution in [1.82, 2.24) is 19.7 Å². The summed E-state index contributed by atoms with van der Waals surface area (Å²) in [7, 11) is 0. The van der Waals surface area contributed by atoms with Crippen molar-refractivity contribution in [3.8, 4) is 11.3 Å². The van der Waals surface area contributed by atoms with E-state index in [4.69, 9.17) is 11.6 Å². The number of hydrogen-bond donors (Lipinski definition) is 0. The van der Waals surface area contributed by atoms with Crippen LogP contribution in [0.1, 0.15) is 11.6 Å². The molecule has 0 amide bonds. The fourth-order valence-electron chi connectivity index (χ4n) is 2.24. The maximum Gasteiger partial charge on any atom is 0.415 e. The normalized spacial score (nSPS) is 13.0. The van der Waals surface area contributed by atoms with Gasteiger partial charge in [-0.1, -0.05) is 12.1 Å². The Hall–Kier alpha value is -2.48. The van der Waals surface area contributed by atoms with Crippen molar-refractivity contribution >= 4 is 11.6 Å². The molecule has 1 aromatic carbocycles. The van der Waals surface area contributed by atoms with Gasteiger partial charge in [-0.2, -0.15) is 18.3 Å². The number of nitrogens with zero attached hydrogens (tertiary/aromatic N) is 4. The van der Waals surface area contributed by atoms with Gasteiger partial charge < -0.3 is 0 Å². The summed E-state index contributed by atoms with van der Waals surface area (Å²) in [5.41, 5.74) is 0.580. The van der Waals surface area contributed by atoms with Crippen molar-refractivity contribution in [2.75, 3.05) is 0 Å². The first kappa shape index (κ1) is 16.4. The minimum atomic E-state index is -4.61. The van der Waals surface area contributed by atoms with Crippen LogP contribution in [0.3, 0.4) is 0 Å². The van der Waals surface area contributed by atoms with Gasteiger partial charge in [0.15, 0.2) is 6.04 Å². The van der Waals surface area contributed by atoms with Gasteiger partial charge in [0, 0.05) is 18.0 Å². The maximum atomic E-state index is 13.5. The third kappa shape index (κ3) is 3.38. The molecule has 0 N–H and O–H groups in total. The predicted molar refractivity (Wildman–Crippen MR) is 78.9 cm³/mol. The van der Waals surface area contributed by atoms with E-state index in [1.54, 1.807) is 0 Å². The summed E-state index contributed by atoms with van der Waals surface area (Å²) < 4.78 is 54.1. The van der Waals surface area contributed by atoms with Crippen LogP contribution in [0.2, 0.25) is 5.28 Å². The van der Waals surface area contributed by atoms with Gasteiger partial charge >= 0.3 is 6.18 Å². The Balaban J connectivity index is 2.02. The first-order valence-electron chi connectivity index (χ1n) is 6.70. The molecular formula is C15H9ClF4N4. The molecule has 4 nitrogen and oxygen atoms in total. The van der Waals surface area contributed by atoms with E-state index in [-0.39, 0.29) is 10.8 Å². The van der Waals surface area contributed by atoms with E-state index in [1.807, 2.05) is 0 Å². The zero-order chi connectivity index (χ0) is 17.3. The van der Waals surface area contributed by atoms with Gasteiger partial charge in [0.05, 0.1) is 11.9 Å². The van der Waals surface area contributed by atoms with E-state index in [1.165, 1.54) is 24.7 Å². The molecule has 0 aliphatic carbocycles. The molecule has 0 saturated carbocycles. The zero-order valence-electron chi connectivity index (χ0n) is 11.9. The van der Waals surface area contributed by atoms with Gasteiger partial charge in [-0.3, -0.25) is 4.68 Å². The van der Waals surface area contributed by atoms with E-state index in [0.717, 1.165) is 28.9 Å². The Labute approximate surface area is 138 Å². The monoisotopic (exact) mass is 356 g/mol. The van der Waals surface area contributed by atoms with E-state index in [0.29, 0.717) is 11.3 Å². The molecule has 2 aromatic heterocycles. The zero-order valence-corrected chi connectivity index (χ0v) is 12.6. The number of alkyl halides is 3. The molecule has 0 saturated heterocycles. The van der Waals surface area contributed by atoms with Crippen LogP contribution in [0, 0.1) is 5.82 Å². The minimum absolute atomic E-state index is 0.0221. The van der Waals surface area contributed by atoms with E-state index < -0.39 is 18.0 Å². The average molecular weight is 357 g/mol. The fourth-order valence-corrected chi connectivity index (χ4v) is 2.39. The van der Waals surface area contributed by atoms with Crippen molar-refractivity contribution in [2.45, 2.75) is 12.2 Å². The Morgan fingerprint density at radius 3 is 2.42 bits per heavy atom. The molecule has 0 aliphatic heterocycles. The smallest absolute Gasteiger partial charge is 0.255 e. The topological polar surface area (TPSA) is 43.6 Å². The Morgan fingerprint density at radius 1 is 1.08 bits per heavy atom. The third-order valence-electron chi connectivity index (χ3n) is 3.28. The number of benzene rings is 1. The maximum absolute atomic E-state index is 13.5. The number of halogens is 5. The van der Waals surface area contributed by atoms with Crippen LogP contribution in [0.5, 0.6) is 0 Å². The van der Waals surface area contributed by atoms with Crippen molar-refractivity contribution in [3.63, 3.8) is 0 Å². The highest BCUT2D eigenvalue weighted by atomic mass is 35.5. The largest absolute Gasteiger partial charge is 0.415 e. The lowest BCUT2D eigenvalue weighted by atomic mass is 10.1. The lowest BCUT2D eigenvalue weighted by Gasteiger charge is -2.21. The minimum Gasteiger partial charge on any atom is -0.255 e. The van der Waals surface area contributed by atoms with Crippen LogP contribution < -0.4 is 0 Å². The van der Waals surface area contributed by atoms with Gasteiger partial charge in [-0.25, -0.2) is 14.4 Å². The summed E-state index contributed by atoms with van der Waals surface area (Å²) in [4.78, 5) is 7.65. The molecule has 0 radical (unpaired) electrons. The number of hydrogen-bond acceptors (Lipinski definition) is 3. The van der Waals surface area contributed by atoms with E-state index in [9.17, 15) is 17.6 Å². The molecule has 1 atom stereocenters. The van der Waals surface area contributed by atoms with Crippen LogP contribution in [-0.2, 0) is 0 Å². The summed E-state index contributed by atoms with van der Waals surface area (Å²) in [5, 5.41) is 3.77. The van der Waals surface area contributed by atoms with Crippen molar-refractivity contribution in [1.29, 1.82) is 0 Å². The van der Waals surface area contributed by atoms with Crippen LogP contribution in [0.25, 0.3) is 11.3 Å². The molecule has 3 aromatic rings. The van der Waals surface area contributed by atoms with Gasteiger partial charge in [0.2, 0.25) is 5.28 Å². The Morgan fingerprint density at radius 2 is 1.79 bits per heavy atom. The molecule has 0 bridgehead atoms. The summed E-state index contributed by atoms with van der Waals surface area (Å²) in [6, 6.07) is 3.58. The second-order valence-corrected chi connectivity index (χ2v) is 5.25. The Kier molecular flexibility index (Phi) is 4.23. The van der Waals surface area contributed by atoms with E-state index in [2.05, 4.69) is 15.1 Å². The molecule has 0 fully saturated rings. The van der Waals surface area contributed by atoms with Crippen LogP contribution in [0.4, 0.5) is 17.6 Å². The second-order valence-electron chi connectivity index (χ2n) is 4.92. The molecule has 0 unspecified atom stereocenters. The van der Waals surface area contributed by atoms with E-state index >= 15 is 0 Å². The average Bonchev–Trinajstić information content (AvgIpc) is 2.97. The van der Waals surface area contributed by atoms with Crippen LogP contribution in [0.15, 0.2) is 48.9 Å². The SMILES string of the molecule is Fc1ccc([C@@H](n2cc(-c3ccnc(Cl)n3)cn2)C(F)(F)F)cc1. The van der Waals surface area contributed by atoms with Gasteiger partial charge in [0.1, 0.15) is 5.82 Å². The molecule has 3 rings (SSSR count). The quantitative estimate of drug-likeness (QED) is 0.519. The number of rotatable bonds is 3. The van der Waals surface area contributed by atoms with Crippen molar-refractivity contribution in [3.05, 3.63) is 65.6 Å². The number of aromatic nitrogens is 4. The van der Waals surface area contributed by atoms with Gasteiger partial charge in [0.25, 0.3) is 0 Å². The standard InChI is InChI=1S/C15H9ClF4N4/c16-14-21-6-5-12(23-14)10-7-22-24(8-10)13(15(18,19)20)9-1-3-11(17)4-2-9/h1-8,13H/t13-/m1/s1. The molecule has 2 heterocycles. The third-order valence-corrected chi connectivity index (χ3v) is 3.47. The fraction of sp³-hybridized carbons (Fsp3) is 0.133. The molecule has 0 aliphatic rings. The second kappa shape index (κ2) is 6.20. The highest BCUT2D eigenvalue weighted by Gasteiger charge is 2.43. The lowest BCUT2D eigenvalue weighted by molar-refractivity contribution is -0.159. The van der Waals surface area contributed by atoms with Crippen molar-refractivity contribution in [2.24, 2.45) is 0 Å². The Bertz CT molecular complexity index is 845. The molecule has 9 heteroatoms. The van der Waals surface area contributed by atoms with Crippen molar-refractivity contribution < 1.29 is 17.6 Å². The summed E-state index contributed by atoms with van der Waals surface area (Å²) in [5.74, 6) is -0.614. The van der Waals surface area contributed by atoms with Gasteiger partial charge in [-0.15, -0.1) is 0 Å². The molecular weight excluding hydrogens is 348 g/mol. The molecule has 124 valence electrons. The van der Waals surface area contributed by atoms with Crippen LogP contribution >= 0.6 is 11.6 Å². The molecule has 0 spiro atoms. The highest BCUT2D eigenvalue weighted by molar-refractivity contribution is 6.28.